The standard InChI is InChI=1S/C10H18N2O4/c1-3-15-9(13)4-5-12(2)7-8-6-11-10(14)16-8/h8H,3-7H2,1-2H3,(H,11,14). The molecular formula is C10H18N2O4. The van der Waals surface area contributed by atoms with Gasteiger partial charge < -0.3 is 19.7 Å². The molecule has 0 aromatic carbocycles. The van der Waals surface area contributed by atoms with E-state index in [9.17, 15) is 9.59 Å². The van der Waals surface area contributed by atoms with Crippen molar-refractivity contribution < 1.29 is 19.1 Å². The highest BCUT2D eigenvalue weighted by Crippen LogP contribution is 2.02. The molecule has 1 aliphatic rings. The Hall–Kier alpha value is -1.30. The van der Waals surface area contributed by atoms with Gasteiger partial charge in [-0.3, -0.25) is 4.79 Å². The van der Waals surface area contributed by atoms with Gasteiger partial charge in [0.1, 0.15) is 6.10 Å². The fourth-order valence-electron chi connectivity index (χ4n) is 1.49. The van der Waals surface area contributed by atoms with Crippen LogP contribution in [0, 0.1) is 0 Å². The number of hydrogen-bond donors (Lipinski definition) is 1. The summed E-state index contributed by atoms with van der Waals surface area (Å²) < 4.78 is 9.79. The number of rotatable bonds is 6. The van der Waals surface area contributed by atoms with Gasteiger partial charge in [0.25, 0.3) is 0 Å². The second kappa shape index (κ2) is 6.32. The Kier molecular flexibility index (Phi) is 5.04. The van der Waals surface area contributed by atoms with Crippen molar-refractivity contribution in [2.24, 2.45) is 0 Å². The smallest absolute Gasteiger partial charge is 0.407 e. The Balaban J connectivity index is 2.13. The highest BCUT2D eigenvalue weighted by molar-refractivity contribution is 5.69. The molecule has 92 valence electrons. The van der Waals surface area contributed by atoms with Crippen LogP contribution in [-0.2, 0) is 14.3 Å². The molecule has 1 N–H and O–H groups in total. The number of cyclic esters (lactones) is 1. The number of likely N-dealkylation sites (N-methyl/N-ethyl adjacent to an activating group) is 1. The predicted octanol–water partition coefficient (Wildman–Crippen LogP) is -0.0202. The van der Waals surface area contributed by atoms with E-state index in [1.165, 1.54) is 0 Å². The van der Waals surface area contributed by atoms with Crippen molar-refractivity contribution in [2.75, 3.05) is 33.3 Å². The lowest BCUT2D eigenvalue weighted by molar-refractivity contribution is -0.143. The lowest BCUT2D eigenvalue weighted by Crippen LogP contribution is -2.33. The van der Waals surface area contributed by atoms with Crippen LogP contribution in [0.5, 0.6) is 0 Å². The van der Waals surface area contributed by atoms with Gasteiger partial charge in [-0.1, -0.05) is 0 Å². The molecule has 1 unspecified atom stereocenters. The van der Waals surface area contributed by atoms with Crippen molar-refractivity contribution in [3.8, 4) is 0 Å². The van der Waals surface area contributed by atoms with Crippen LogP contribution in [0.3, 0.4) is 0 Å². The van der Waals surface area contributed by atoms with Crippen LogP contribution in [0.1, 0.15) is 13.3 Å². The fourth-order valence-corrected chi connectivity index (χ4v) is 1.49. The van der Waals surface area contributed by atoms with Crippen molar-refractivity contribution in [1.82, 2.24) is 10.2 Å². The SMILES string of the molecule is CCOC(=O)CCN(C)CC1CNC(=O)O1. The lowest BCUT2D eigenvalue weighted by atomic mass is 10.3. The summed E-state index contributed by atoms with van der Waals surface area (Å²) in [4.78, 5) is 23.8. The second-order valence-electron chi connectivity index (χ2n) is 3.73. The first kappa shape index (κ1) is 12.8. The van der Waals surface area contributed by atoms with Gasteiger partial charge in [-0.25, -0.2) is 4.79 Å². The van der Waals surface area contributed by atoms with Crippen LogP contribution in [0.4, 0.5) is 4.79 Å². The molecule has 1 saturated heterocycles. The topological polar surface area (TPSA) is 67.9 Å². The maximum Gasteiger partial charge on any atom is 0.407 e. The number of ether oxygens (including phenoxy) is 2. The van der Waals surface area contributed by atoms with Crippen molar-refractivity contribution in [3.63, 3.8) is 0 Å². The minimum atomic E-state index is -0.371. The van der Waals surface area contributed by atoms with E-state index in [1.807, 2.05) is 11.9 Å². The van der Waals surface area contributed by atoms with Gasteiger partial charge in [0, 0.05) is 13.1 Å². The minimum absolute atomic E-state index is 0.125. The van der Waals surface area contributed by atoms with Crippen LogP contribution in [0.25, 0.3) is 0 Å². The average Bonchev–Trinajstić information content (AvgIpc) is 2.61. The van der Waals surface area contributed by atoms with Crippen LogP contribution < -0.4 is 5.32 Å². The van der Waals surface area contributed by atoms with E-state index in [0.29, 0.717) is 32.7 Å². The van der Waals surface area contributed by atoms with E-state index >= 15 is 0 Å². The van der Waals surface area contributed by atoms with Crippen molar-refractivity contribution in [1.29, 1.82) is 0 Å². The Morgan fingerprint density at radius 3 is 3.00 bits per heavy atom. The molecule has 1 rings (SSSR count). The summed E-state index contributed by atoms with van der Waals surface area (Å²) in [6.45, 7) is 3.95. The van der Waals surface area contributed by atoms with E-state index < -0.39 is 0 Å². The van der Waals surface area contributed by atoms with E-state index in [0.717, 1.165) is 0 Å². The molecule has 0 aromatic heterocycles. The van der Waals surface area contributed by atoms with Crippen molar-refractivity contribution in [3.05, 3.63) is 0 Å². The first-order valence-corrected chi connectivity index (χ1v) is 5.40. The summed E-state index contributed by atoms with van der Waals surface area (Å²) in [6, 6.07) is 0. The summed E-state index contributed by atoms with van der Waals surface area (Å²) in [7, 11) is 1.88. The molecule has 0 aliphatic carbocycles. The summed E-state index contributed by atoms with van der Waals surface area (Å²) in [5.74, 6) is -0.198. The van der Waals surface area contributed by atoms with Crippen molar-refractivity contribution >= 4 is 12.1 Å². The third kappa shape index (κ3) is 4.48. The molecule has 0 aromatic rings. The van der Waals surface area contributed by atoms with Gasteiger partial charge in [-0.2, -0.15) is 0 Å². The zero-order valence-corrected chi connectivity index (χ0v) is 9.69. The molecular weight excluding hydrogens is 212 g/mol. The van der Waals surface area contributed by atoms with Crippen LogP contribution >= 0.6 is 0 Å². The average molecular weight is 230 g/mol. The van der Waals surface area contributed by atoms with E-state index in [-0.39, 0.29) is 18.2 Å². The number of hydrogen-bond acceptors (Lipinski definition) is 5. The Labute approximate surface area is 94.9 Å². The summed E-state index contributed by atoms with van der Waals surface area (Å²) in [5.41, 5.74) is 0. The third-order valence-corrected chi connectivity index (χ3v) is 2.27. The number of amides is 1. The van der Waals surface area contributed by atoms with Crippen molar-refractivity contribution in [2.45, 2.75) is 19.4 Å². The van der Waals surface area contributed by atoms with Gasteiger partial charge in [0.2, 0.25) is 0 Å². The Morgan fingerprint density at radius 2 is 2.44 bits per heavy atom. The zero-order chi connectivity index (χ0) is 12.0. The Bertz CT molecular complexity index is 257. The normalized spacial score (nSPS) is 19.4. The fraction of sp³-hybridized carbons (Fsp3) is 0.800. The van der Waals surface area contributed by atoms with Crippen LogP contribution in [0.2, 0.25) is 0 Å². The molecule has 1 amide bonds. The van der Waals surface area contributed by atoms with Gasteiger partial charge >= 0.3 is 12.1 Å². The van der Waals surface area contributed by atoms with E-state index in [1.54, 1.807) is 6.92 Å². The highest BCUT2D eigenvalue weighted by atomic mass is 16.6. The molecule has 0 radical (unpaired) electrons. The maximum atomic E-state index is 11.1. The van der Waals surface area contributed by atoms with Gasteiger partial charge in [-0.15, -0.1) is 0 Å². The zero-order valence-electron chi connectivity index (χ0n) is 9.69. The van der Waals surface area contributed by atoms with Crippen LogP contribution in [-0.4, -0.2) is 56.4 Å². The number of nitrogens with one attached hydrogen (secondary N) is 1. The molecule has 6 nitrogen and oxygen atoms in total. The third-order valence-electron chi connectivity index (χ3n) is 2.27. The van der Waals surface area contributed by atoms with Gasteiger partial charge in [0.05, 0.1) is 19.6 Å². The molecule has 1 atom stereocenters. The number of nitrogens with zero attached hydrogens (tertiary/aromatic N) is 1. The summed E-state index contributed by atoms with van der Waals surface area (Å²) in [6.07, 6.45) is -0.137. The van der Waals surface area contributed by atoms with E-state index in [4.69, 9.17) is 9.47 Å². The number of alkyl carbamates (subject to hydrolysis) is 1. The molecule has 1 fully saturated rings. The van der Waals surface area contributed by atoms with Gasteiger partial charge in [0.15, 0.2) is 0 Å². The van der Waals surface area contributed by atoms with Gasteiger partial charge in [-0.05, 0) is 14.0 Å². The molecule has 0 saturated carbocycles. The predicted molar refractivity (Wildman–Crippen MR) is 57.0 cm³/mol. The quantitative estimate of drug-likeness (QED) is 0.649. The number of carbonyl (C=O) groups is 2. The molecule has 6 heteroatoms. The Morgan fingerprint density at radius 1 is 1.69 bits per heavy atom. The molecule has 0 spiro atoms. The monoisotopic (exact) mass is 230 g/mol. The number of esters is 1. The second-order valence-corrected chi connectivity index (χ2v) is 3.73. The molecule has 1 heterocycles. The largest absolute Gasteiger partial charge is 0.466 e. The molecule has 0 bridgehead atoms. The lowest BCUT2D eigenvalue weighted by Gasteiger charge is -2.18. The van der Waals surface area contributed by atoms with Crippen LogP contribution in [0.15, 0.2) is 0 Å². The number of carbonyl (C=O) groups excluding carboxylic acids is 2. The first-order valence-electron chi connectivity index (χ1n) is 5.40. The molecule has 16 heavy (non-hydrogen) atoms. The highest BCUT2D eigenvalue weighted by Gasteiger charge is 2.23. The maximum absolute atomic E-state index is 11.1. The summed E-state index contributed by atoms with van der Waals surface area (Å²) >= 11 is 0. The molecule has 1 aliphatic heterocycles. The summed E-state index contributed by atoms with van der Waals surface area (Å²) in [5, 5.41) is 2.58. The first-order chi connectivity index (χ1) is 7.61. The van der Waals surface area contributed by atoms with E-state index in [2.05, 4.69) is 5.32 Å². The minimum Gasteiger partial charge on any atom is -0.466 e.